The lowest BCUT2D eigenvalue weighted by molar-refractivity contribution is 0.306. The fourth-order valence-electron chi connectivity index (χ4n) is 2.16. The van der Waals surface area contributed by atoms with E-state index in [4.69, 9.17) is 26.5 Å². The Morgan fingerprint density at radius 2 is 1.95 bits per heavy atom. The lowest BCUT2D eigenvalue weighted by Gasteiger charge is -2.05. The van der Waals surface area contributed by atoms with E-state index < -0.39 is 0 Å². The number of fused-ring (bicyclic) bond motifs is 1. The zero-order chi connectivity index (χ0) is 13.9. The van der Waals surface area contributed by atoms with Crippen LogP contribution in [0.15, 0.2) is 53.1 Å². The number of hydrogen-bond donors (Lipinski definition) is 1. The number of para-hydroxylation sites is 1. The SMILES string of the molecule is NCc1cccc2c(COc3cccc(Cl)c3)coc12. The van der Waals surface area contributed by atoms with Crippen LogP contribution in [0.25, 0.3) is 11.0 Å². The van der Waals surface area contributed by atoms with Gasteiger partial charge in [-0.3, -0.25) is 0 Å². The van der Waals surface area contributed by atoms with E-state index in [0.29, 0.717) is 18.2 Å². The lowest BCUT2D eigenvalue weighted by Crippen LogP contribution is -1.97. The normalized spacial score (nSPS) is 10.9. The summed E-state index contributed by atoms with van der Waals surface area (Å²) in [4.78, 5) is 0. The summed E-state index contributed by atoms with van der Waals surface area (Å²) in [6, 6.07) is 13.3. The molecule has 0 saturated carbocycles. The number of halogens is 1. The van der Waals surface area contributed by atoms with Crippen molar-refractivity contribution in [2.24, 2.45) is 5.73 Å². The predicted molar refractivity (Wildman–Crippen MR) is 79.9 cm³/mol. The topological polar surface area (TPSA) is 48.4 Å². The minimum absolute atomic E-state index is 0.432. The molecule has 3 nitrogen and oxygen atoms in total. The van der Waals surface area contributed by atoms with Gasteiger partial charge in [-0.1, -0.05) is 35.9 Å². The molecule has 0 bridgehead atoms. The van der Waals surface area contributed by atoms with E-state index in [-0.39, 0.29) is 0 Å². The smallest absolute Gasteiger partial charge is 0.138 e. The quantitative estimate of drug-likeness (QED) is 0.785. The molecule has 2 aromatic carbocycles. The highest BCUT2D eigenvalue weighted by molar-refractivity contribution is 6.30. The molecule has 0 spiro atoms. The summed E-state index contributed by atoms with van der Waals surface area (Å²) in [5.41, 5.74) is 8.53. The summed E-state index contributed by atoms with van der Waals surface area (Å²) in [5.74, 6) is 0.738. The summed E-state index contributed by atoms with van der Waals surface area (Å²) in [6.45, 7) is 0.890. The van der Waals surface area contributed by atoms with Crippen LogP contribution in [0.1, 0.15) is 11.1 Å². The maximum absolute atomic E-state index is 5.93. The molecule has 1 aromatic heterocycles. The maximum atomic E-state index is 5.93. The van der Waals surface area contributed by atoms with Gasteiger partial charge in [0.2, 0.25) is 0 Å². The molecule has 0 aliphatic carbocycles. The minimum atomic E-state index is 0.432. The molecule has 102 valence electrons. The van der Waals surface area contributed by atoms with Crippen molar-refractivity contribution < 1.29 is 9.15 Å². The zero-order valence-corrected chi connectivity index (χ0v) is 11.6. The first-order chi connectivity index (χ1) is 9.78. The van der Waals surface area contributed by atoms with Crippen LogP contribution in [0.3, 0.4) is 0 Å². The Balaban J connectivity index is 1.85. The van der Waals surface area contributed by atoms with Gasteiger partial charge in [0.05, 0.1) is 6.26 Å². The molecule has 4 heteroatoms. The Morgan fingerprint density at radius 3 is 2.75 bits per heavy atom. The summed E-state index contributed by atoms with van der Waals surface area (Å²) in [7, 11) is 0. The van der Waals surface area contributed by atoms with Crippen LogP contribution < -0.4 is 10.5 Å². The fourth-order valence-corrected chi connectivity index (χ4v) is 2.34. The number of nitrogens with two attached hydrogens (primary N) is 1. The molecule has 20 heavy (non-hydrogen) atoms. The van der Waals surface area contributed by atoms with E-state index in [1.165, 1.54) is 0 Å². The fraction of sp³-hybridized carbons (Fsp3) is 0.125. The van der Waals surface area contributed by atoms with Gasteiger partial charge in [0.15, 0.2) is 0 Å². The van der Waals surface area contributed by atoms with E-state index in [1.807, 2.05) is 36.4 Å². The van der Waals surface area contributed by atoms with Crippen molar-refractivity contribution in [2.75, 3.05) is 0 Å². The Hall–Kier alpha value is -1.97. The second-order valence-electron chi connectivity index (χ2n) is 4.50. The molecule has 0 aliphatic heterocycles. The van der Waals surface area contributed by atoms with Crippen molar-refractivity contribution in [1.82, 2.24) is 0 Å². The summed E-state index contributed by atoms with van der Waals surface area (Å²) < 4.78 is 11.3. The van der Waals surface area contributed by atoms with Crippen molar-refractivity contribution in [3.05, 3.63) is 64.9 Å². The highest BCUT2D eigenvalue weighted by Crippen LogP contribution is 2.26. The third kappa shape index (κ3) is 2.50. The van der Waals surface area contributed by atoms with Gasteiger partial charge in [-0.05, 0) is 18.2 Å². The number of benzene rings is 2. The minimum Gasteiger partial charge on any atom is -0.489 e. The zero-order valence-electron chi connectivity index (χ0n) is 10.8. The summed E-state index contributed by atoms with van der Waals surface area (Å²) in [5, 5.41) is 1.69. The van der Waals surface area contributed by atoms with E-state index in [2.05, 4.69) is 0 Å². The van der Waals surface area contributed by atoms with Crippen molar-refractivity contribution in [3.63, 3.8) is 0 Å². The van der Waals surface area contributed by atoms with Crippen LogP contribution in [0, 0.1) is 0 Å². The molecule has 3 rings (SSSR count). The molecule has 2 N–H and O–H groups in total. The number of hydrogen-bond acceptors (Lipinski definition) is 3. The van der Waals surface area contributed by atoms with Gasteiger partial charge in [0, 0.05) is 28.1 Å². The highest BCUT2D eigenvalue weighted by Gasteiger charge is 2.09. The van der Waals surface area contributed by atoms with Crippen molar-refractivity contribution in [3.8, 4) is 5.75 Å². The maximum Gasteiger partial charge on any atom is 0.138 e. The van der Waals surface area contributed by atoms with Gasteiger partial charge in [-0.2, -0.15) is 0 Å². The predicted octanol–water partition coefficient (Wildman–Crippen LogP) is 4.12. The average Bonchev–Trinajstić information content (AvgIpc) is 2.88. The summed E-state index contributed by atoms with van der Waals surface area (Å²) >= 11 is 5.93. The molecule has 1 heterocycles. The molecule has 3 aromatic rings. The van der Waals surface area contributed by atoms with Gasteiger partial charge in [-0.15, -0.1) is 0 Å². The van der Waals surface area contributed by atoms with E-state index in [1.54, 1.807) is 12.3 Å². The molecular formula is C16H14ClNO2. The number of ether oxygens (including phenoxy) is 1. The molecule has 0 amide bonds. The lowest BCUT2D eigenvalue weighted by atomic mass is 10.1. The molecule has 0 unspecified atom stereocenters. The standard InChI is InChI=1S/C16H14ClNO2/c17-13-4-2-5-14(7-13)19-9-12-10-20-16-11(8-18)3-1-6-15(12)16/h1-7,10H,8-9,18H2. The van der Waals surface area contributed by atoms with Crippen molar-refractivity contribution >= 4 is 22.6 Å². The Kier molecular flexibility index (Phi) is 3.63. The van der Waals surface area contributed by atoms with Crippen LogP contribution in [-0.4, -0.2) is 0 Å². The second-order valence-corrected chi connectivity index (χ2v) is 4.94. The van der Waals surface area contributed by atoms with Gasteiger partial charge in [-0.25, -0.2) is 0 Å². The third-order valence-electron chi connectivity index (χ3n) is 3.17. The van der Waals surface area contributed by atoms with E-state index >= 15 is 0 Å². The van der Waals surface area contributed by atoms with Gasteiger partial charge < -0.3 is 14.9 Å². The molecular weight excluding hydrogens is 274 g/mol. The first-order valence-electron chi connectivity index (χ1n) is 6.34. The number of rotatable bonds is 4. The monoisotopic (exact) mass is 287 g/mol. The van der Waals surface area contributed by atoms with Crippen LogP contribution in [0.4, 0.5) is 0 Å². The number of furan rings is 1. The molecule has 0 fully saturated rings. The Labute approximate surface area is 121 Å². The van der Waals surface area contributed by atoms with Gasteiger partial charge >= 0.3 is 0 Å². The Morgan fingerprint density at radius 1 is 1.10 bits per heavy atom. The van der Waals surface area contributed by atoms with Crippen LogP contribution in [-0.2, 0) is 13.2 Å². The first kappa shape index (κ1) is 13.0. The second kappa shape index (κ2) is 5.57. The first-order valence-corrected chi connectivity index (χ1v) is 6.72. The third-order valence-corrected chi connectivity index (χ3v) is 3.41. The molecule has 0 saturated heterocycles. The van der Waals surface area contributed by atoms with Gasteiger partial charge in [0.25, 0.3) is 0 Å². The van der Waals surface area contributed by atoms with Crippen LogP contribution in [0.5, 0.6) is 5.75 Å². The molecule has 0 radical (unpaired) electrons. The van der Waals surface area contributed by atoms with E-state index in [0.717, 1.165) is 27.8 Å². The van der Waals surface area contributed by atoms with Crippen LogP contribution in [0.2, 0.25) is 5.02 Å². The molecule has 0 atom stereocenters. The largest absolute Gasteiger partial charge is 0.489 e. The molecule has 0 aliphatic rings. The summed E-state index contributed by atoms with van der Waals surface area (Å²) in [6.07, 6.45) is 1.72. The average molecular weight is 288 g/mol. The van der Waals surface area contributed by atoms with Crippen LogP contribution >= 0.6 is 11.6 Å². The van der Waals surface area contributed by atoms with Crippen molar-refractivity contribution in [1.29, 1.82) is 0 Å². The van der Waals surface area contributed by atoms with Crippen molar-refractivity contribution in [2.45, 2.75) is 13.2 Å². The van der Waals surface area contributed by atoms with E-state index in [9.17, 15) is 0 Å². The highest BCUT2D eigenvalue weighted by atomic mass is 35.5. The Bertz CT molecular complexity index is 736. The van der Waals surface area contributed by atoms with Gasteiger partial charge in [0.1, 0.15) is 17.9 Å².